The third kappa shape index (κ3) is 3.91. The highest BCUT2D eigenvalue weighted by Gasteiger charge is 2.32. The van der Waals surface area contributed by atoms with Crippen LogP contribution in [0.3, 0.4) is 0 Å². The maximum atomic E-state index is 11.7. The van der Waals surface area contributed by atoms with E-state index in [1.807, 2.05) is 6.92 Å². The highest BCUT2D eigenvalue weighted by Crippen LogP contribution is 2.36. The zero-order chi connectivity index (χ0) is 8.85. The molecular weight excluding hydrogens is 154 g/mol. The molecule has 1 N–H and O–H groups in total. The molecule has 1 fully saturated rings. The molecule has 0 spiro atoms. The van der Waals surface area contributed by atoms with Crippen molar-refractivity contribution in [1.29, 1.82) is 0 Å². The topological polar surface area (TPSA) is 37.3 Å². The number of carboxylic acid groups (broad SMARTS) is 1. The summed E-state index contributed by atoms with van der Waals surface area (Å²) in [7, 11) is 0. The molecule has 0 aromatic carbocycles. The SMILES string of the molecule is CC1CC(C(F)F)C1.O=CO. The van der Waals surface area contributed by atoms with Gasteiger partial charge in [0.1, 0.15) is 0 Å². The van der Waals surface area contributed by atoms with E-state index in [0.29, 0.717) is 5.92 Å². The molecule has 0 heterocycles. The van der Waals surface area contributed by atoms with Crippen LogP contribution in [0.25, 0.3) is 0 Å². The number of halogens is 2. The third-order valence-electron chi connectivity index (χ3n) is 1.77. The summed E-state index contributed by atoms with van der Waals surface area (Å²) in [4.78, 5) is 8.36. The van der Waals surface area contributed by atoms with Crippen LogP contribution < -0.4 is 0 Å². The molecule has 1 aliphatic rings. The first kappa shape index (κ1) is 10.3. The van der Waals surface area contributed by atoms with E-state index in [2.05, 4.69) is 0 Å². The minimum absolute atomic E-state index is 0.250. The normalized spacial score (nSPS) is 28.4. The van der Waals surface area contributed by atoms with Crippen LogP contribution in [0.15, 0.2) is 0 Å². The number of rotatable bonds is 1. The standard InChI is InChI=1S/C6H10F2.CH2O2/c1-4-2-5(3-4)6(7)8;2-1-3/h4-6H,2-3H2,1H3;1H,(H,2,3). The predicted octanol–water partition coefficient (Wildman–Crippen LogP) is 2.00. The Morgan fingerprint density at radius 2 is 1.91 bits per heavy atom. The molecule has 0 radical (unpaired) electrons. The first-order valence-corrected chi connectivity index (χ1v) is 3.47. The Hall–Kier alpha value is -0.670. The van der Waals surface area contributed by atoms with Crippen molar-refractivity contribution in [2.24, 2.45) is 11.8 Å². The Bertz CT molecular complexity index is 111. The molecule has 2 nitrogen and oxygen atoms in total. The molecule has 0 aliphatic heterocycles. The third-order valence-corrected chi connectivity index (χ3v) is 1.77. The van der Waals surface area contributed by atoms with Crippen LogP contribution in [0.5, 0.6) is 0 Å². The lowest BCUT2D eigenvalue weighted by atomic mass is 9.76. The molecular formula is C7H12F2O2. The largest absolute Gasteiger partial charge is 0.483 e. The summed E-state index contributed by atoms with van der Waals surface area (Å²) in [5.74, 6) is 0.277. The van der Waals surface area contributed by atoms with Crippen LogP contribution in [0.1, 0.15) is 19.8 Å². The van der Waals surface area contributed by atoms with E-state index in [-0.39, 0.29) is 12.4 Å². The van der Waals surface area contributed by atoms with Crippen molar-refractivity contribution in [3.05, 3.63) is 0 Å². The zero-order valence-electron chi connectivity index (χ0n) is 6.34. The number of hydrogen-bond donors (Lipinski definition) is 1. The Morgan fingerprint density at radius 3 is 2.00 bits per heavy atom. The molecule has 0 amide bonds. The maximum Gasteiger partial charge on any atom is 0.290 e. The van der Waals surface area contributed by atoms with Crippen molar-refractivity contribution >= 4 is 6.47 Å². The predicted molar refractivity (Wildman–Crippen MR) is 36.6 cm³/mol. The molecule has 0 aromatic rings. The van der Waals surface area contributed by atoms with Gasteiger partial charge in [-0.3, -0.25) is 4.79 Å². The molecule has 1 saturated carbocycles. The van der Waals surface area contributed by atoms with E-state index in [4.69, 9.17) is 9.90 Å². The first-order chi connectivity index (χ1) is 5.11. The van der Waals surface area contributed by atoms with Crippen LogP contribution in [0.2, 0.25) is 0 Å². The van der Waals surface area contributed by atoms with E-state index in [9.17, 15) is 8.78 Å². The Labute approximate surface area is 64.2 Å². The smallest absolute Gasteiger partial charge is 0.290 e. The van der Waals surface area contributed by atoms with Crippen molar-refractivity contribution in [3.8, 4) is 0 Å². The molecule has 4 heteroatoms. The summed E-state index contributed by atoms with van der Waals surface area (Å²) in [6.07, 6.45) is -0.596. The fourth-order valence-electron chi connectivity index (χ4n) is 1.17. The second-order valence-electron chi connectivity index (χ2n) is 2.78. The van der Waals surface area contributed by atoms with E-state index in [1.165, 1.54) is 0 Å². The van der Waals surface area contributed by atoms with Crippen molar-refractivity contribution in [1.82, 2.24) is 0 Å². The summed E-state index contributed by atoms with van der Waals surface area (Å²) >= 11 is 0. The van der Waals surface area contributed by atoms with E-state index in [1.54, 1.807) is 0 Å². The van der Waals surface area contributed by atoms with Gasteiger partial charge in [0.05, 0.1) is 0 Å². The fraction of sp³-hybridized carbons (Fsp3) is 0.857. The molecule has 1 rings (SSSR count). The second-order valence-corrected chi connectivity index (χ2v) is 2.78. The molecule has 66 valence electrons. The monoisotopic (exact) mass is 166 g/mol. The molecule has 0 bridgehead atoms. The van der Waals surface area contributed by atoms with Gasteiger partial charge in [0.15, 0.2) is 0 Å². The van der Waals surface area contributed by atoms with Gasteiger partial charge in [0, 0.05) is 5.92 Å². The average Bonchev–Trinajstić information content (AvgIpc) is 1.82. The lowest BCUT2D eigenvalue weighted by Gasteiger charge is -2.31. The Balaban J connectivity index is 0.000000292. The molecule has 11 heavy (non-hydrogen) atoms. The van der Waals surface area contributed by atoms with Gasteiger partial charge in [0.25, 0.3) is 6.47 Å². The van der Waals surface area contributed by atoms with E-state index < -0.39 is 6.43 Å². The van der Waals surface area contributed by atoms with Crippen LogP contribution in [0, 0.1) is 11.8 Å². The average molecular weight is 166 g/mol. The van der Waals surface area contributed by atoms with Crippen LogP contribution in [0.4, 0.5) is 8.78 Å². The molecule has 0 unspecified atom stereocenters. The Kier molecular flexibility index (Phi) is 4.74. The van der Waals surface area contributed by atoms with Crippen LogP contribution in [-0.4, -0.2) is 18.0 Å². The summed E-state index contributed by atoms with van der Waals surface area (Å²) < 4.78 is 23.3. The summed E-state index contributed by atoms with van der Waals surface area (Å²) in [6.45, 7) is 1.76. The second kappa shape index (κ2) is 5.04. The minimum Gasteiger partial charge on any atom is -0.483 e. The number of hydrogen-bond acceptors (Lipinski definition) is 1. The minimum atomic E-state index is -2.06. The lowest BCUT2D eigenvalue weighted by molar-refractivity contribution is -0.122. The van der Waals surface area contributed by atoms with Gasteiger partial charge >= 0.3 is 0 Å². The van der Waals surface area contributed by atoms with Crippen molar-refractivity contribution < 1.29 is 18.7 Å². The van der Waals surface area contributed by atoms with E-state index >= 15 is 0 Å². The maximum absolute atomic E-state index is 11.7. The highest BCUT2D eigenvalue weighted by molar-refractivity contribution is 5.32. The molecule has 0 aromatic heterocycles. The van der Waals surface area contributed by atoms with Gasteiger partial charge in [-0.1, -0.05) is 6.92 Å². The van der Waals surface area contributed by atoms with Crippen LogP contribution >= 0.6 is 0 Å². The van der Waals surface area contributed by atoms with Gasteiger partial charge in [-0.25, -0.2) is 8.78 Å². The molecule has 1 aliphatic carbocycles. The molecule has 0 saturated heterocycles. The quantitative estimate of drug-likeness (QED) is 0.605. The van der Waals surface area contributed by atoms with Gasteiger partial charge in [0.2, 0.25) is 6.43 Å². The summed E-state index contributed by atoms with van der Waals surface area (Å²) in [5.41, 5.74) is 0. The van der Waals surface area contributed by atoms with Crippen molar-refractivity contribution in [2.75, 3.05) is 0 Å². The summed E-state index contributed by atoms with van der Waals surface area (Å²) in [5, 5.41) is 6.89. The van der Waals surface area contributed by atoms with Gasteiger partial charge in [-0.15, -0.1) is 0 Å². The summed E-state index contributed by atoms with van der Waals surface area (Å²) in [6, 6.07) is 0. The number of carbonyl (C=O) groups is 1. The van der Waals surface area contributed by atoms with Gasteiger partial charge < -0.3 is 5.11 Å². The lowest BCUT2D eigenvalue weighted by Crippen LogP contribution is -2.26. The molecule has 0 atom stereocenters. The Morgan fingerprint density at radius 1 is 1.55 bits per heavy atom. The highest BCUT2D eigenvalue weighted by atomic mass is 19.3. The van der Waals surface area contributed by atoms with Crippen molar-refractivity contribution in [2.45, 2.75) is 26.2 Å². The van der Waals surface area contributed by atoms with E-state index in [0.717, 1.165) is 12.8 Å². The van der Waals surface area contributed by atoms with Crippen molar-refractivity contribution in [3.63, 3.8) is 0 Å². The fourth-order valence-corrected chi connectivity index (χ4v) is 1.17. The first-order valence-electron chi connectivity index (χ1n) is 3.47. The van der Waals surface area contributed by atoms with Crippen LogP contribution in [-0.2, 0) is 4.79 Å². The van der Waals surface area contributed by atoms with Gasteiger partial charge in [-0.2, -0.15) is 0 Å². The van der Waals surface area contributed by atoms with Gasteiger partial charge in [-0.05, 0) is 18.8 Å². The number of alkyl halides is 2. The zero-order valence-corrected chi connectivity index (χ0v) is 6.34.